The first kappa shape index (κ1) is 17.7. The standard InChI is InChI=1S/C21H22N2O3/c1-4-14-10-12-15(13-11-14)22-19-18(20(24)23(5-2)21(19)25)16-8-6-7-9-17(16)26-3/h6-13,22H,4-5H2,1-3H3. The van der Waals surface area contributed by atoms with Crippen molar-refractivity contribution < 1.29 is 14.3 Å². The van der Waals surface area contributed by atoms with E-state index in [1.165, 1.54) is 10.5 Å². The second kappa shape index (κ2) is 7.44. The number of imide groups is 1. The highest BCUT2D eigenvalue weighted by atomic mass is 16.5. The molecule has 0 saturated carbocycles. The summed E-state index contributed by atoms with van der Waals surface area (Å²) >= 11 is 0. The summed E-state index contributed by atoms with van der Waals surface area (Å²) in [6, 6.07) is 15.1. The Morgan fingerprint density at radius 3 is 2.27 bits per heavy atom. The number of benzene rings is 2. The van der Waals surface area contributed by atoms with Gasteiger partial charge in [0.1, 0.15) is 11.4 Å². The molecule has 0 fully saturated rings. The molecule has 1 aliphatic rings. The summed E-state index contributed by atoms with van der Waals surface area (Å²) in [4.78, 5) is 26.9. The third kappa shape index (κ3) is 3.08. The monoisotopic (exact) mass is 350 g/mol. The number of nitrogens with one attached hydrogen (secondary N) is 1. The van der Waals surface area contributed by atoms with Crippen molar-refractivity contribution in [1.82, 2.24) is 4.90 Å². The highest BCUT2D eigenvalue weighted by Gasteiger charge is 2.39. The molecule has 1 N–H and O–H groups in total. The average molecular weight is 350 g/mol. The number of hydrogen-bond acceptors (Lipinski definition) is 4. The molecule has 0 saturated heterocycles. The number of para-hydroxylation sites is 1. The van der Waals surface area contributed by atoms with Gasteiger partial charge in [0.05, 0.1) is 12.7 Å². The van der Waals surface area contributed by atoms with E-state index in [9.17, 15) is 9.59 Å². The lowest BCUT2D eigenvalue weighted by Gasteiger charge is -2.12. The summed E-state index contributed by atoms with van der Waals surface area (Å²) in [7, 11) is 1.55. The van der Waals surface area contributed by atoms with Crippen molar-refractivity contribution in [2.45, 2.75) is 20.3 Å². The SMILES string of the molecule is CCc1ccc(NC2=C(c3ccccc3OC)C(=O)N(CC)C2=O)cc1. The third-order valence-electron chi connectivity index (χ3n) is 4.49. The Kier molecular flexibility index (Phi) is 5.07. The predicted molar refractivity (Wildman–Crippen MR) is 102 cm³/mol. The van der Waals surface area contributed by atoms with E-state index in [-0.39, 0.29) is 17.5 Å². The smallest absolute Gasteiger partial charge is 0.278 e. The summed E-state index contributed by atoms with van der Waals surface area (Å²) in [6.45, 7) is 4.19. The minimum absolute atomic E-state index is 0.283. The van der Waals surface area contributed by atoms with Gasteiger partial charge in [0.15, 0.2) is 0 Å². The molecule has 0 aliphatic carbocycles. The number of carbonyl (C=O) groups is 2. The Labute approximate surface area is 153 Å². The van der Waals surface area contributed by atoms with Crippen molar-refractivity contribution in [3.05, 3.63) is 65.4 Å². The highest BCUT2D eigenvalue weighted by Crippen LogP contribution is 2.35. The molecule has 0 spiro atoms. The van der Waals surface area contributed by atoms with Crippen molar-refractivity contribution in [1.29, 1.82) is 0 Å². The van der Waals surface area contributed by atoms with Crippen LogP contribution in [-0.2, 0) is 16.0 Å². The van der Waals surface area contributed by atoms with Gasteiger partial charge in [0.2, 0.25) is 0 Å². The molecule has 5 nitrogen and oxygen atoms in total. The topological polar surface area (TPSA) is 58.6 Å². The number of rotatable bonds is 6. The van der Waals surface area contributed by atoms with E-state index in [4.69, 9.17) is 4.74 Å². The maximum atomic E-state index is 12.9. The summed E-state index contributed by atoms with van der Waals surface area (Å²) < 4.78 is 5.40. The largest absolute Gasteiger partial charge is 0.496 e. The molecule has 1 heterocycles. The van der Waals surface area contributed by atoms with Gasteiger partial charge in [-0.2, -0.15) is 0 Å². The maximum absolute atomic E-state index is 12.9. The minimum Gasteiger partial charge on any atom is -0.496 e. The van der Waals surface area contributed by atoms with E-state index in [1.807, 2.05) is 36.4 Å². The number of likely N-dealkylation sites (N-methyl/N-ethyl adjacent to an activating group) is 1. The molecule has 2 amide bonds. The third-order valence-corrected chi connectivity index (χ3v) is 4.49. The molecule has 0 bridgehead atoms. The fourth-order valence-electron chi connectivity index (χ4n) is 3.05. The van der Waals surface area contributed by atoms with Crippen LogP contribution in [0.5, 0.6) is 5.75 Å². The van der Waals surface area contributed by atoms with Crippen LogP contribution in [0.25, 0.3) is 5.57 Å². The number of amides is 2. The lowest BCUT2D eigenvalue weighted by molar-refractivity contribution is -0.136. The molecule has 0 aromatic heterocycles. The van der Waals surface area contributed by atoms with Gasteiger partial charge < -0.3 is 10.1 Å². The molecule has 1 aliphatic heterocycles. The van der Waals surface area contributed by atoms with E-state index in [0.29, 0.717) is 23.4 Å². The van der Waals surface area contributed by atoms with Gasteiger partial charge in [-0.25, -0.2) is 0 Å². The average Bonchev–Trinajstić information content (AvgIpc) is 2.91. The van der Waals surface area contributed by atoms with Gasteiger partial charge in [0.25, 0.3) is 11.8 Å². The maximum Gasteiger partial charge on any atom is 0.278 e. The number of methoxy groups -OCH3 is 1. The van der Waals surface area contributed by atoms with E-state index in [1.54, 1.807) is 26.2 Å². The Morgan fingerprint density at radius 1 is 0.962 bits per heavy atom. The fraction of sp³-hybridized carbons (Fsp3) is 0.238. The minimum atomic E-state index is -0.321. The van der Waals surface area contributed by atoms with Crippen LogP contribution in [-0.4, -0.2) is 30.4 Å². The molecular weight excluding hydrogens is 328 g/mol. The number of nitrogens with zero attached hydrogens (tertiary/aromatic N) is 1. The molecule has 3 rings (SSSR count). The van der Waals surface area contributed by atoms with Crippen LogP contribution in [0.15, 0.2) is 54.2 Å². The van der Waals surface area contributed by atoms with Crippen molar-refractivity contribution >= 4 is 23.1 Å². The Bertz CT molecular complexity index is 869. The number of hydrogen-bond donors (Lipinski definition) is 1. The number of anilines is 1. The fourth-order valence-corrected chi connectivity index (χ4v) is 3.05. The molecule has 26 heavy (non-hydrogen) atoms. The Morgan fingerprint density at radius 2 is 1.65 bits per heavy atom. The molecule has 0 atom stereocenters. The first-order chi connectivity index (χ1) is 12.6. The zero-order valence-corrected chi connectivity index (χ0v) is 15.2. The molecule has 0 radical (unpaired) electrons. The molecular formula is C21H22N2O3. The summed E-state index contributed by atoms with van der Waals surface area (Å²) in [5.74, 6) is -0.0742. The lowest BCUT2D eigenvalue weighted by Crippen LogP contribution is -2.32. The molecule has 134 valence electrons. The van der Waals surface area contributed by atoms with Crippen LogP contribution < -0.4 is 10.1 Å². The summed E-state index contributed by atoms with van der Waals surface area (Å²) in [6.07, 6.45) is 0.941. The second-order valence-electron chi connectivity index (χ2n) is 5.98. The number of carbonyl (C=O) groups excluding carboxylic acids is 2. The first-order valence-corrected chi connectivity index (χ1v) is 8.70. The van der Waals surface area contributed by atoms with Crippen molar-refractivity contribution in [2.24, 2.45) is 0 Å². The van der Waals surface area contributed by atoms with Crippen LogP contribution in [0.3, 0.4) is 0 Å². The van der Waals surface area contributed by atoms with Crippen LogP contribution in [0, 0.1) is 0 Å². The zero-order valence-electron chi connectivity index (χ0n) is 15.2. The van der Waals surface area contributed by atoms with Crippen LogP contribution >= 0.6 is 0 Å². The molecule has 0 unspecified atom stereocenters. The van der Waals surface area contributed by atoms with Gasteiger partial charge in [-0.1, -0.05) is 37.3 Å². The van der Waals surface area contributed by atoms with Crippen molar-refractivity contribution in [3.8, 4) is 5.75 Å². The summed E-state index contributed by atoms with van der Waals surface area (Å²) in [5, 5.41) is 3.15. The first-order valence-electron chi connectivity index (χ1n) is 8.70. The summed E-state index contributed by atoms with van der Waals surface area (Å²) in [5.41, 5.74) is 3.21. The number of ether oxygens (including phenoxy) is 1. The number of aryl methyl sites for hydroxylation is 1. The van der Waals surface area contributed by atoms with E-state index < -0.39 is 0 Å². The van der Waals surface area contributed by atoms with E-state index >= 15 is 0 Å². The normalized spacial score (nSPS) is 14.2. The van der Waals surface area contributed by atoms with Gasteiger partial charge in [-0.05, 0) is 37.1 Å². The van der Waals surface area contributed by atoms with Crippen molar-refractivity contribution in [3.63, 3.8) is 0 Å². The highest BCUT2D eigenvalue weighted by molar-refractivity contribution is 6.37. The van der Waals surface area contributed by atoms with Gasteiger partial charge in [0, 0.05) is 17.8 Å². The quantitative estimate of drug-likeness (QED) is 0.811. The molecule has 2 aromatic carbocycles. The van der Waals surface area contributed by atoms with Gasteiger partial charge in [-0.3, -0.25) is 14.5 Å². The van der Waals surface area contributed by atoms with Crippen molar-refractivity contribution in [2.75, 3.05) is 19.0 Å². The Hall–Kier alpha value is -3.08. The lowest BCUT2D eigenvalue weighted by atomic mass is 10.0. The van der Waals surface area contributed by atoms with Crippen LogP contribution in [0.2, 0.25) is 0 Å². The zero-order chi connectivity index (χ0) is 18.7. The van der Waals surface area contributed by atoms with Crippen LogP contribution in [0.4, 0.5) is 5.69 Å². The van der Waals surface area contributed by atoms with Gasteiger partial charge in [-0.15, -0.1) is 0 Å². The Balaban J connectivity index is 2.09. The molecule has 5 heteroatoms. The molecule has 2 aromatic rings. The van der Waals surface area contributed by atoms with Crippen LogP contribution in [0.1, 0.15) is 25.0 Å². The predicted octanol–water partition coefficient (Wildman–Crippen LogP) is 3.47. The van der Waals surface area contributed by atoms with Gasteiger partial charge >= 0.3 is 0 Å². The van der Waals surface area contributed by atoms with E-state index in [2.05, 4.69) is 12.2 Å². The van der Waals surface area contributed by atoms with E-state index in [0.717, 1.165) is 12.1 Å². The second-order valence-corrected chi connectivity index (χ2v) is 5.98.